The fourth-order valence-electron chi connectivity index (χ4n) is 4.11. The highest BCUT2D eigenvalue weighted by molar-refractivity contribution is 7.99. The van der Waals surface area contributed by atoms with Crippen molar-refractivity contribution in [2.75, 3.05) is 12.9 Å². The first-order valence-electron chi connectivity index (χ1n) is 11.9. The summed E-state index contributed by atoms with van der Waals surface area (Å²) in [6.07, 6.45) is 5.99. The highest BCUT2D eigenvalue weighted by Crippen LogP contribution is 2.22. The van der Waals surface area contributed by atoms with Crippen molar-refractivity contribution < 1.29 is 14.3 Å². The molecule has 1 fully saturated rings. The van der Waals surface area contributed by atoms with Crippen molar-refractivity contribution in [3.63, 3.8) is 0 Å². The number of methoxy groups -OCH3 is 1. The van der Waals surface area contributed by atoms with Crippen LogP contribution < -0.4 is 10.1 Å². The van der Waals surface area contributed by atoms with Crippen molar-refractivity contribution in [1.82, 2.24) is 10.2 Å². The number of carbonyl (C=O) groups is 2. The first-order chi connectivity index (χ1) is 16.0. The van der Waals surface area contributed by atoms with Gasteiger partial charge in [-0.05, 0) is 56.5 Å². The molecule has 0 heterocycles. The number of ether oxygens (including phenoxy) is 1. The van der Waals surface area contributed by atoms with Gasteiger partial charge < -0.3 is 15.0 Å². The van der Waals surface area contributed by atoms with Crippen LogP contribution in [0.4, 0.5) is 0 Å². The summed E-state index contributed by atoms with van der Waals surface area (Å²) in [5, 5.41) is 3.19. The molecule has 1 aliphatic rings. The molecule has 178 valence electrons. The number of hydrogen-bond acceptors (Lipinski definition) is 4. The molecule has 2 aromatic rings. The van der Waals surface area contributed by atoms with E-state index >= 15 is 0 Å². The number of aryl methyl sites for hydroxylation is 1. The van der Waals surface area contributed by atoms with Crippen LogP contribution in [0.25, 0.3) is 0 Å². The van der Waals surface area contributed by atoms with Crippen LogP contribution in [-0.2, 0) is 16.1 Å². The van der Waals surface area contributed by atoms with Gasteiger partial charge in [-0.3, -0.25) is 9.59 Å². The highest BCUT2D eigenvalue weighted by Gasteiger charge is 2.27. The van der Waals surface area contributed by atoms with Gasteiger partial charge in [-0.1, -0.05) is 49.1 Å². The summed E-state index contributed by atoms with van der Waals surface area (Å²) >= 11 is 1.67. The van der Waals surface area contributed by atoms with Crippen LogP contribution in [0.2, 0.25) is 0 Å². The van der Waals surface area contributed by atoms with E-state index < -0.39 is 6.04 Å². The Hall–Kier alpha value is -2.47. The third-order valence-electron chi connectivity index (χ3n) is 6.24. The molecule has 6 heteroatoms. The van der Waals surface area contributed by atoms with Gasteiger partial charge in [-0.25, -0.2) is 0 Å². The summed E-state index contributed by atoms with van der Waals surface area (Å²) in [7, 11) is 1.63. The van der Waals surface area contributed by atoms with E-state index in [1.54, 1.807) is 23.8 Å². The number of hydrogen-bond donors (Lipinski definition) is 1. The summed E-state index contributed by atoms with van der Waals surface area (Å²) in [5.41, 5.74) is 2.20. The van der Waals surface area contributed by atoms with Crippen LogP contribution in [0, 0.1) is 6.92 Å². The van der Waals surface area contributed by atoms with Crippen LogP contribution in [0.15, 0.2) is 53.4 Å². The number of nitrogens with zero attached hydrogens (tertiary/aromatic N) is 1. The van der Waals surface area contributed by atoms with Crippen molar-refractivity contribution in [2.45, 2.75) is 75.9 Å². The lowest BCUT2D eigenvalue weighted by Crippen LogP contribution is -2.50. The molecule has 0 saturated heterocycles. The normalized spacial score (nSPS) is 15.0. The molecule has 1 N–H and O–H groups in total. The molecule has 1 saturated carbocycles. The van der Waals surface area contributed by atoms with E-state index in [0.29, 0.717) is 18.7 Å². The lowest BCUT2D eigenvalue weighted by molar-refractivity contribution is -0.140. The maximum Gasteiger partial charge on any atom is 0.242 e. The minimum atomic E-state index is -0.522. The van der Waals surface area contributed by atoms with Crippen molar-refractivity contribution in [1.29, 1.82) is 0 Å². The second-order valence-electron chi connectivity index (χ2n) is 8.80. The van der Waals surface area contributed by atoms with Crippen molar-refractivity contribution >= 4 is 23.6 Å². The summed E-state index contributed by atoms with van der Waals surface area (Å²) in [6, 6.07) is 15.7. The number of rotatable bonds is 10. The molecule has 33 heavy (non-hydrogen) atoms. The minimum Gasteiger partial charge on any atom is -0.497 e. The van der Waals surface area contributed by atoms with Crippen LogP contribution in [0.3, 0.4) is 0 Å². The smallest absolute Gasteiger partial charge is 0.242 e. The second-order valence-corrected chi connectivity index (χ2v) is 9.97. The van der Waals surface area contributed by atoms with Gasteiger partial charge in [-0.2, -0.15) is 0 Å². The zero-order chi connectivity index (χ0) is 23.6. The molecular weight excluding hydrogens is 432 g/mol. The molecule has 0 radical (unpaired) electrons. The molecule has 3 rings (SSSR count). The van der Waals surface area contributed by atoms with Crippen LogP contribution in [0.1, 0.15) is 56.6 Å². The lowest BCUT2D eigenvalue weighted by Gasteiger charge is -2.31. The van der Waals surface area contributed by atoms with Gasteiger partial charge in [0.25, 0.3) is 0 Å². The van der Waals surface area contributed by atoms with Gasteiger partial charge >= 0.3 is 0 Å². The molecule has 0 bridgehead atoms. The molecular formula is C27H36N2O3S. The topological polar surface area (TPSA) is 58.6 Å². The molecule has 0 aromatic heterocycles. The zero-order valence-electron chi connectivity index (χ0n) is 20.0. The van der Waals surface area contributed by atoms with Gasteiger partial charge in [0.05, 0.1) is 7.11 Å². The number of amides is 2. The number of thioether (sulfide) groups is 1. The Morgan fingerprint density at radius 1 is 1.06 bits per heavy atom. The first-order valence-corrected chi connectivity index (χ1v) is 12.9. The Bertz CT molecular complexity index is 893. The van der Waals surface area contributed by atoms with E-state index in [-0.39, 0.29) is 17.9 Å². The maximum absolute atomic E-state index is 13.3. The van der Waals surface area contributed by atoms with Crippen molar-refractivity contribution in [2.24, 2.45) is 0 Å². The Balaban J connectivity index is 1.65. The summed E-state index contributed by atoms with van der Waals surface area (Å²) in [6.45, 7) is 4.30. The molecule has 0 spiro atoms. The molecule has 0 unspecified atom stereocenters. The highest BCUT2D eigenvalue weighted by atomic mass is 32.2. The molecule has 1 aliphatic carbocycles. The largest absolute Gasteiger partial charge is 0.497 e. The molecule has 2 amide bonds. The van der Waals surface area contributed by atoms with Crippen LogP contribution in [0.5, 0.6) is 5.75 Å². The monoisotopic (exact) mass is 468 g/mol. The van der Waals surface area contributed by atoms with Gasteiger partial charge in [0.1, 0.15) is 11.8 Å². The first kappa shape index (κ1) is 25.2. The Morgan fingerprint density at radius 2 is 1.73 bits per heavy atom. The summed E-state index contributed by atoms with van der Waals surface area (Å²) in [4.78, 5) is 29.2. The fraction of sp³-hybridized carbons (Fsp3) is 0.481. The number of carbonyl (C=O) groups excluding carboxylic acids is 2. The predicted octanol–water partition coefficient (Wildman–Crippen LogP) is 5.35. The Morgan fingerprint density at radius 3 is 2.36 bits per heavy atom. The lowest BCUT2D eigenvalue weighted by atomic mass is 9.95. The summed E-state index contributed by atoms with van der Waals surface area (Å²) < 4.78 is 5.25. The fourth-order valence-corrected chi connectivity index (χ4v) is 4.95. The van der Waals surface area contributed by atoms with E-state index in [4.69, 9.17) is 4.74 Å². The Labute approximate surface area is 202 Å². The van der Waals surface area contributed by atoms with Gasteiger partial charge in [-0.15, -0.1) is 11.8 Å². The van der Waals surface area contributed by atoms with Gasteiger partial charge in [0, 0.05) is 29.7 Å². The van der Waals surface area contributed by atoms with Crippen LogP contribution in [-0.4, -0.2) is 41.7 Å². The van der Waals surface area contributed by atoms with E-state index in [9.17, 15) is 9.59 Å². The van der Waals surface area contributed by atoms with Gasteiger partial charge in [0.2, 0.25) is 11.8 Å². The number of nitrogens with one attached hydrogen (secondary N) is 1. The van der Waals surface area contributed by atoms with Gasteiger partial charge in [0.15, 0.2) is 0 Å². The minimum absolute atomic E-state index is 0.00303. The van der Waals surface area contributed by atoms with Crippen molar-refractivity contribution in [3.05, 3.63) is 59.7 Å². The third kappa shape index (κ3) is 7.81. The summed E-state index contributed by atoms with van der Waals surface area (Å²) in [5.74, 6) is 1.39. The second kappa shape index (κ2) is 12.7. The molecule has 2 aromatic carbocycles. The zero-order valence-corrected chi connectivity index (χ0v) is 20.8. The van der Waals surface area contributed by atoms with E-state index in [1.165, 1.54) is 12.0 Å². The van der Waals surface area contributed by atoms with Crippen LogP contribution >= 0.6 is 11.8 Å². The van der Waals surface area contributed by atoms with Crippen molar-refractivity contribution in [3.8, 4) is 5.75 Å². The maximum atomic E-state index is 13.3. The van der Waals surface area contributed by atoms with E-state index in [2.05, 4.69) is 36.5 Å². The molecule has 0 aliphatic heterocycles. The van der Waals surface area contributed by atoms with E-state index in [0.717, 1.165) is 41.9 Å². The average Bonchev–Trinajstić information content (AvgIpc) is 2.84. The quantitative estimate of drug-likeness (QED) is 0.478. The standard InChI is InChI=1S/C27H36N2O3S/c1-20-9-15-25(16-10-20)33-18-17-26(30)29(19-22-11-13-24(32-3)14-12-22)21(2)27(31)28-23-7-5-4-6-8-23/h9-16,21,23H,4-8,17-19H2,1-3H3,(H,28,31)/t21-/m0/s1. The SMILES string of the molecule is COc1ccc(CN(C(=O)CCSc2ccc(C)cc2)[C@@H](C)C(=O)NC2CCCCC2)cc1. The molecule has 5 nitrogen and oxygen atoms in total. The molecule has 1 atom stereocenters. The predicted molar refractivity (Wildman–Crippen MR) is 135 cm³/mol. The number of benzene rings is 2. The third-order valence-corrected chi connectivity index (χ3v) is 7.25. The van der Waals surface area contributed by atoms with E-state index in [1.807, 2.05) is 31.2 Å². The Kier molecular flexibility index (Phi) is 9.67. The average molecular weight is 469 g/mol.